The summed E-state index contributed by atoms with van der Waals surface area (Å²) in [6, 6.07) is 0. The third-order valence-corrected chi connectivity index (χ3v) is 1.70. The average Bonchev–Trinajstić information content (AvgIpc) is 2.14. The van der Waals surface area contributed by atoms with Gasteiger partial charge in [-0.3, -0.25) is 9.78 Å². The third-order valence-electron chi connectivity index (χ3n) is 1.70. The first-order chi connectivity index (χ1) is 6.88. The van der Waals surface area contributed by atoms with Crippen molar-refractivity contribution < 1.29 is 9.90 Å². The zero-order valence-electron chi connectivity index (χ0n) is 9.11. The molecule has 1 aromatic rings. The predicted octanol–water partition coefficient (Wildman–Crippen LogP) is 0.286. The largest absolute Gasteiger partial charge is 0.389 e. The van der Waals surface area contributed by atoms with Gasteiger partial charge in [0.2, 0.25) is 0 Å². The molecule has 0 radical (unpaired) electrons. The molecule has 0 aromatic carbocycles. The van der Waals surface area contributed by atoms with Crippen molar-refractivity contribution in [3.63, 3.8) is 0 Å². The minimum absolute atomic E-state index is 0.182. The summed E-state index contributed by atoms with van der Waals surface area (Å²) in [5.41, 5.74) is 0.0900. The molecule has 82 valence electrons. The van der Waals surface area contributed by atoms with E-state index in [0.717, 1.165) is 5.69 Å². The van der Waals surface area contributed by atoms with Crippen LogP contribution in [0.15, 0.2) is 12.4 Å². The molecule has 15 heavy (non-hydrogen) atoms. The van der Waals surface area contributed by atoms with Gasteiger partial charge in [0.15, 0.2) is 0 Å². The Morgan fingerprint density at radius 1 is 1.47 bits per heavy atom. The first-order valence-corrected chi connectivity index (χ1v) is 4.68. The summed E-state index contributed by atoms with van der Waals surface area (Å²) in [6.45, 7) is 5.22. The highest BCUT2D eigenvalue weighted by atomic mass is 16.3. The van der Waals surface area contributed by atoms with Gasteiger partial charge in [-0.1, -0.05) is 0 Å². The van der Waals surface area contributed by atoms with Crippen molar-refractivity contribution >= 4 is 5.91 Å². The van der Waals surface area contributed by atoms with Crippen LogP contribution in [0.3, 0.4) is 0 Å². The van der Waals surface area contributed by atoms with Gasteiger partial charge in [0.1, 0.15) is 5.69 Å². The fourth-order valence-corrected chi connectivity index (χ4v) is 0.897. The number of nitrogens with zero attached hydrogens (tertiary/aromatic N) is 2. The Morgan fingerprint density at radius 3 is 2.60 bits per heavy atom. The van der Waals surface area contributed by atoms with Crippen molar-refractivity contribution in [2.75, 3.05) is 6.54 Å². The highest BCUT2D eigenvalue weighted by molar-refractivity contribution is 5.91. The molecule has 5 nitrogen and oxygen atoms in total. The molecule has 0 aliphatic heterocycles. The number of amides is 1. The Bertz CT molecular complexity index is 341. The van der Waals surface area contributed by atoms with Gasteiger partial charge in [-0.05, 0) is 20.8 Å². The maximum absolute atomic E-state index is 11.5. The van der Waals surface area contributed by atoms with Crippen molar-refractivity contribution in [3.8, 4) is 0 Å². The zero-order valence-corrected chi connectivity index (χ0v) is 9.11. The maximum Gasteiger partial charge on any atom is 0.271 e. The molecule has 0 bridgehead atoms. The van der Waals surface area contributed by atoms with Gasteiger partial charge >= 0.3 is 0 Å². The van der Waals surface area contributed by atoms with Crippen LogP contribution >= 0.6 is 0 Å². The van der Waals surface area contributed by atoms with Crippen LogP contribution in [-0.4, -0.2) is 33.1 Å². The summed E-state index contributed by atoms with van der Waals surface area (Å²) >= 11 is 0. The van der Waals surface area contributed by atoms with E-state index in [2.05, 4.69) is 15.3 Å². The Balaban J connectivity index is 2.58. The van der Waals surface area contributed by atoms with Crippen LogP contribution in [0.5, 0.6) is 0 Å². The molecule has 5 heteroatoms. The fourth-order valence-electron chi connectivity index (χ4n) is 0.897. The molecule has 0 atom stereocenters. The van der Waals surface area contributed by atoms with Crippen molar-refractivity contribution in [2.45, 2.75) is 26.4 Å². The molecule has 1 amide bonds. The zero-order chi connectivity index (χ0) is 11.5. The first-order valence-electron chi connectivity index (χ1n) is 4.68. The Morgan fingerprint density at radius 2 is 2.13 bits per heavy atom. The number of rotatable bonds is 3. The highest BCUT2D eigenvalue weighted by Crippen LogP contribution is 1.99. The summed E-state index contributed by atoms with van der Waals surface area (Å²) in [4.78, 5) is 19.4. The SMILES string of the molecule is Cc1cnc(C(=O)NCC(C)(C)O)cn1. The number of hydrogen-bond acceptors (Lipinski definition) is 4. The number of aryl methyl sites for hydroxylation is 1. The lowest BCUT2D eigenvalue weighted by atomic mass is 10.1. The molecule has 1 aromatic heterocycles. The Labute approximate surface area is 88.6 Å². The molecule has 0 saturated heterocycles. The molecular formula is C10H15N3O2. The summed E-state index contributed by atoms with van der Waals surface area (Å²) < 4.78 is 0. The second kappa shape index (κ2) is 4.35. The number of carbonyl (C=O) groups excluding carboxylic acids is 1. The number of aliphatic hydroxyl groups is 1. The van der Waals surface area contributed by atoms with Crippen LogP contribution in [0.2, 0.25) is 0 Å². The van der Waals surface area contributed by atoms with Gasteiger partial charge in [-0.25, -0.2) is 4.98 Å². The normalized spacial score (nSPS) is 11.2. The van der Waals surface area contributed by atoms with Crippen LogP contribution in [0.1, 0.15) is 30.0 Å². The van der Waals surface area contributed by atoms with Crippen molar-refractivity contribution in [1.82, 2.24) is 15.3 Å². The molecule has 0 fully saturated rings. The molecule has 0 aliphatic carbocycles. The second-order valence-electron chi connectivity index (χ2n) is 4.04. The summed E-state index contributed by atoms with van der Waals surface area (Å²) in [5.74, 6) is -0.329. The van der Waals surface area contributed by atoms with Crippen LogP contribution in [0, 0.1) is 6.92 Å². The standard InChI is InChI=1S/C10H15N3O2/c1-7-4-12-8(5-11-7)9(14)13-6-10(2,3)15/h4-5,15H,6H2,1-3H3,(H,13,14). The van der Waals surface area contributed by atoms with Gasteiger partial charge in [-0.2, -0.15) is 0 Å². The lowest BCUT2D eigenvalue weighted by Crippen LogP contribution is -2.38. The maximum atomic E-state index is 11.5. The number of aromatic nitrogens is 2. The smallest absolute Gasteiger partial charge is 0.271 e. The van der Waals surface area contributed by atoms with E-state index in [-0.39, 0.29) is 18.1 Å². The summed E-state index contributed by atoms with van der Waals surface area (Å²) in [5, 5.41) is 12.0. The van der Waals surface area contributed by atoms with Crippen LogP contribution in [-0.2, 0) is 0 Å². The molecular weight excluding hydrogens is 194 g/mol. The molecule has 0 unspecified atom stereocenters. The van der Waals surface area contributed by atoms with Gasteiger partial charge in [0.05, 0.1) is 17.5 Å². The highest BCUT2D eigenvalue weighted by Gasteiger charge is 2.15. The van der Waals surface area contributed by atoms with Gasteiger partial charge in [-0.15, -0.1) is 0 Å². The monoisotopic (exact) mass is 209 g/mol. The molecule has 1 rings (SSSR count). The number of nitrogens with one attached hydrogen (secondary N) is 1. The fraction of sp³-hybridized carbons (Fsp3) is 0.500. The van der Waals surface area contributed by atoms with Gasteiger partial charge < -0.3 is 10.4 Å². The predicted molar refractivity (Wildman–Crippen MR) is 55.4 cm³/mol. The topological polar surface area (TPSA) is 75.1 Å². The van der Waals surface area contributed by atoms with Crippen LogP contribution < -0.4 is 5.32 Å². The van der Waals surface area contributed by atoms with Gasteiger partial charge in [0.25, 0.3) is 5.91 Å². The number of carbonyl (C=O) groups is 1. The van der Waals surface area contributed by atoms with E-state index in [1.54, 1.807) is 20.8 Å². The molecule has 0 spiro atoms. The average molecular weight is 209 g/mol. The van der Waals surface area contributed by atoms with E-state index >= 15 is 0 Å². The molecule has 0 saturated carbocycles. The van der Waals surface area contributed by atoms with Crippen molar-refractivity contribution in [2.24, 2.45) is 0 Å². The van der Waals surface area contributed by atoms with E-state index in [0.29, 0.717) is 0 Å². The van der Waals surface area contributed by atoms with E-state index in [4.69, 9.17) is 0 Å². The summed E-state index contributed by atoms with van der Waals surface area (Å²) in [6.07, 6.45) is 2.94. The van der Waals surface area contributed by atoms with Crippen molar-refractivity contribution in [3.05, 3.63) is 23.8 Å². The first kappa shape index (κ1) is 11.6. The lowest BCUT2D eigenvalue weighted by Gasteiger charge is -2.17. The van der Waals surface area contributed by atoms with Crippen molar-refractivity contribution in [1.29, 1.82) is 0 Å². The number of hydrogen-bond donors (Lipinski definition) is 2. The molecule has 1 heterocycles. The van der Waals surface area contributed by atoms with E-state index < -0.39 is 5.60 Å². The van der Waals surface area contributed by atoms with E-state index in [1.807, 2.05) is 0 Å². The third kappa shape index (κ3) is 4.03. The lowest BCUT2D eigenvalue weighted by molar-refractivity contribution is 0.0691. The Kier molecular flexibility index (Phi) is 3.36. The van der Waals surface area contributed by atoms with Crippen LogP contribution in [0.4, 0.5) is 0 Å². The van der Waals surface area contributed by atoms with Gasteiger partial charge in [0, 0.05) is 12.7 Å². The Hall–Kier alpha value is -1.49. The minimum Gasteiger partial charge on any atom is -0.389 e. The van der Waals surface area contributed by atoms with E-state index in [1.165, 1.54) is 12.4 Å². The molecule has 0 aliphatic rings. The minimum atomic E-state index is -0.923. The van der Waals surface area contributed by atoms with Crippen LogP contribution in [0.25, 0.3) is 0 Å². The van der Waals surface area contributed by atoms with E-state index in [9.17, 15) is 9.90 Å². The second-order valence-corrected chi connectivity index (χ2v) is 4.04. The molecule has 2 N–H and O–H groups in total. The summed E-state index contributed by atoms with van der Waals surface area (Å²) in [7, 11) is 0. The quantitative estimate of drug-likeness (QED) is 0.750.